The monoisotopic (exact) mass is 1420 g/mol. The molecule has 24 heteroatoms. The van der Waals surface area contributed by atoms with E-state index in [0.29, 0.717) is 86.5 Å². The maximum Gasteiger partial charge on any atom is 0.373 e. The van der Waals surface area contributed by atoms with Crippen molar-refractivity contribution in [3.63, 3.8) is 0 Å². The minimum Gasteiger partial charge on any atom is -0.493 e. The number of hydrogen-bond acceptors (Lipinski definition) is 20. The van der Waals surface area contributed by atoms with E-state index < -0.39 is 23.9 Å². The fourth-order valence-corrected chi connectivity index (χ4v) is 10.4. The normalized spacial score (nSPS) is 10.9. The zero-order chi connectivity index (χ0) is 75.7. The van der Waals surface area contributed by atoms with Gasteiger partial charge in [0.25, 0.3) is 0 Å². The second-order valence-corrected chi connectivity index (χ2v) is 26.5. The smallest absolute Gasteiger partial charge is 0.373 e. The quantitative estimate of drug-likeness (QED) is 0.0325. The summed E-state index contributed by atoms with van der Waals surface area (Å²) in [4.78, 5) is 67.4. The Labute approximate surface area is 608 Å². The zero-order valence-corrected chi connectivity index (χ0v) is 62.8. The number of carboxylic acid groups (broad SMARTS) is 4. The van der Waals surface area contributed by atoms with Crippen LogP contribution in [-0.2, 0) is 0 Å². The highest BCUT2D eigenvalue weighted by atomic mass is 16.5. The average molecular weight is 1420 g/mol. The van der Waals surface area contributed by atoms with E-state index in [1.54, 1.807) is 12.1 Å². The van der Waals surface area contributed by atoms with Gasteiger partial charge in [-0.1, -0.05) is 115 Å². The molecule has 0 fully saturated rings. The van der Waals surface area contributed by atoms with Crippen LogP contribution in [0, 0.1) is 11.8 Å². The second-order valence-electron chi connectivity index (χ2n) is 26.5. The lowest BCUT2D eigenvalue weighted by Crippen LogP contribution is -2.19. The number of aromatic nitrogens is 8. The van der Waals surface area contributed by atoms with Crippen molar-refractivity contribution in [2.24, 2.45) is 11.8 Å². The molecule has 0 spiro atoms. The molecule has 0 radical (unpaired) electrons. The first-order valence-electron chi connectivity index (χ1n) is 34.8. The van der Waals surface area contributed by atoms with Crippen LogP contribution in [0.4, 0.5) is 45.8 Å². The van der Waals surface area contributed by atoms with Crippen LogP contribution >= 0.6 is 0 Å². The third-order valence-corrected chi connectivity index (χ3v) is 15.4. The van der Waals surface area contributed by atoms with Crippen molar-refractivity contribution in [2.75, 3.05) is 59.0 Å². The standard InChI is InChI=1S/2C20H27N3O3.2C19H25N3O3.CH4/c1-6-23(16-10-21-19(20(24)25)22-11-16)15-7-8-17(14(4)5)18(9-15)26-12-13(2)3;1-6-23(19-10-9-17(20(24)25)21-22-19)15-7-8-16(14(4)5)18(11-15)26-12-13(2)3;1-6-22(15-10-20-18(19(23)24)21-11-15)14-7-8-16(12(2)3)17(9-14)25-13(4)5;1-6-22(18-10-9-16(19(23)24)20-21-18)14-7-8-15(12(2)3)17(11-14)25-13(4)5;/h2*7-11,13-14H,6,12H2,1-5H3,(H,24,25);2*7-13H,6H2,1-5H3,(H,23,24);1H4. The van der Waals surface area contributed by atoms with E-state index in [2.05, 4.69) is 148 Å². The minimum absolute atomic E-state index is 0. The van der Waals surface area contributed by atoms with E-state index in [0.717, 1.165) is 73.8 Å². The molecule has 0 saturated heterocycles. The lowest BCUT2D eigenvalue weighted by molar-refractivity contribution is 0.0673. The van der Waals surface area contributed by atoms with Gasteiger partial charge in [-0.05, 0) is 162 Å². The third kappa shape index (κ3) is 24.9. The Bertz CT molecular complexity index is 3710. The average Bonchev–Trinajstić information content (AvgIpc) is 0.830. The van der Waals surface area contributed by atoms with Gasteiger partial charge in [0, 0.05) is 73.2 Å². The number of aromatic carboxylic acids is 4. The van der Waals surface area contributed by atoms with Gasteiger partial charge in [-0.25, -0.2) is 39.1 Å². The molecule has 0 saturated carbocycles. The molecule has 8 aromatic rings. The summed E-state index contributed by atoms with van der Waals surface area (Å²) in [5.41, 5.74) is 9.77. The summed E-state index contributed by atoms with van der Waals surface area (Å²) in [6.45, 7) is 45.7. The highest BCUT2D eigenvalue weighted by Crippen LogP contribution is 2.39. The number of carbonyl (C=O) groups is 4. The molecule has 4 heterocycles. The van der Waals surface area contributed by atoms with Crippen molar-refractivity contribution >= 4 is 69.6 Å². The van der Waals surface area contributed by atoms with Crippen molar-refractivity contribution in [3.8, 4) is 23.0 Å². The molecule has 0 atom stereocenters. The van der Waals surface area contributed by atoms with Crippen molar-refractivity contribution in [1.82, 2.24) is 40.3 Å². The van der Waals surface area contributed by atoms with Gasteiger partial charge < -0.3 is 59.0 Å². The number of anilines is 8. The molecule has 8 rings (SSSR count). The van der Waals surface area contributed by atoms with Crippen LogP contribution in [0.1, 0.15) is 234 Å². The molecule has 103 heavy (non-hydrogen) atoms. The molecule has 0 bridgehead atoms. The number of rotatable bonds is 30. The van der Waals surface area contributed by atoms with Crippen molar-refractivity contribution in [3.05, 3.63) is 167 Å². The molecule has 0 aliphatic rings. The van der Waals surface area contributed by atoms with Crippen LogP contribution in [0.25, 0.3) is 0 Å². The molecule has 4 aromatic heterocycles. The van der Waals surface area contributed by atoms with E-state index in [1.807, 2.05) is 124 Å². The Kier molecular flexibility index (Phi) is 33.6. The van der Waals surface area contributed by atoms with Gasteiger partial charge in [-0.3, -0.25) is 0 Å². The summed E-state index contributed by atoms with van der Waals surface area (Å²) in [5.74, 6) is 2.13. The molecular formula is C79H108N12O12. The van der Waals surface area contributed by atoms with Crippen LogP contribution in [0.2, 0.25) is 0 Å². The van der Waals surface area contributed by atoms with Gasteiger partial charge in [0.1, 0.15) is 23.0 Å². The number of carboxylic acids is 4. The fraction of sp³-hybridized carbons (Fsp3) is 0.443. The highest BCUT2D eigenvalue weighted by Gasteiger charge is 2.22. The molecule has 0 aliphatic carbocycles. The third-order valence-electron chi connectivity index (χ3n) is 15.4. The number of nitrogens with zero attached hydrogens (tertiary/aromatic N) is 12. The molecule has 556 valence electrons. The summed E-state index contributed by atoms with van der Waals surface area (Å²) in [7, 11) is 0. The van der Waals surface area contributed by atoms with Crippen LogP contribution in [0.15, 0.2) is 122 Å². The Morgan fingerprint density at radius 3 is 0.845 bits per heavy atom. The lowest BCUT2D eigenvalue weighted by atomic mass is 10.0. The predicted octanol–water partition coefficient (Wildman–Crippen LogP) is 18.1. The molecule has 0 unspecified atom stereocenters. The summed E-state index contributed by atoms with van der Waals surface area (Å²) in [5, 5.41) is 51.5. The van der Waals surface area contributed by atoms with Crippen LogP contribution in [0.3, 0.4) is 0 Å². The van der Waals surface area contributed by atoms with Crippen LogP contribution in [0.5, 0.6) is 23.0 Å². The minimum atomic E-state index is -1.14. The van der Waals surface area contributed by atoms with E-state index in [4.69, 9.17) is 39.4 Å². The Morgan fingerprint density at radius 1 is 0.350 bits per heavy atom. The molecule has 0 aliphatic heterocycles. The zero-order valence-electron chi connectivity index (χ0n) is 62.8. The number of benzene rings is 4. The Morgan fingerprint density at radius 2 is 0.621 bits per heavy atom. The summed E-state index contributed by atoms with van der Waals surface area (Å²) in [6.07, 6.45) is 6.28. The molecule has 4 N–H and O–H groups in total. The van der Waals surface area contributed by atoms with Crippen LogP contribution < -0.4 is 38.5 Å². The Balaban J connectivity index is 0.000000290. The van der Waals surface area contributed by atoms with Crippen molar-refractivity contribution < 1.29 is 58.6 Å². The largest absolute Gasteiger partial charge is 0.493 e. The second kappa shape index (κ2) is 40.8. The first kappa shape index (κ1) is 84.9. The molecule has 4 aromatic carbocycles. The maximum atomic E-state index is 11.0. The molecule has 24 nitrogen and oxygen atoms in total. The van der Waals surface area contributed by atoms with E-state index in [1.165, 1.54) is 42.5 Å². The molecular weight excluding hydrogens is 1310 g/mol. The first-order chi connectivity index (χ1) is 48.3. The molecule has 0 amide bonds. The number of hydrogen-bond donors (Lipinski definition) is 4. The van der Waals surface area contributed by atoms with Crippen LogP contribution in [-0.4, -0.2) is 136 Å². The fourth-order valence-electron chi connectivity index (χ4n) is 10.4. The summed E-state index contributed by atoms with van der Waals surface area (Å²) >= 11 is 0. The van der Waals surface area contributed by atoms with Crippen molar-refractivity contribution in [1.29, 1.82) is 0 Å². The highest BCUT2D eigenvalue weighted by molar-refractivity contribution is 5.86. The van der Waals surface area contributed by atoms with Gasteiger partial charge in [0.2, 0.25) is 11.6 Å². The maximum absolute atomic E-state index is 11.0. The number of ether oxygens (including phenoxy) is 4. The SMILES string of the molecule is C.CCN(c1ccc(C(C)C)c(OC(C)C)c1)c1ccc(C(=O)O)nn1.CCN(c1ccc(C(C)C)c(OCC(C)C)c1)c1ccc(C(=O)O)nn1.CCN(c1cnc(C(=O)O)nc1)c1ccc(C(C)C)c(OC(C)C)c1.CCN(c1cnc(C(=O)O)nc1)c1ccc(C(C)C)c(OCC(C)C)c1. The first-order valence-corrected chi connectivity index (χ1v) is 34.8. The van der Waals surface area contributed by atoms with Gasteiger partial charge in [0.05, 0.1) is 61.6 Å². The Hall–Kier alpha value is -10.5. The van der Waals surface area contributed by atoms with Gasteiger partial charge >= 0.3 is 23.9 Å². The van der Waals surface area contributed by atoms with Gasteiger partial charge in [-0.2, -0.15) is 0 Å². The van der Waals surface area contributed by atoms with Crippen molar-refractivity contribution in [2.45, 2.75) is 182 Å². The van der Waals surface area contributed by atoms with E-state index in [-0.39, 0.29) is 42.7 Å². The van der Waals surface area contributed by atoms with E-state index >= 15 is 0 Å². The topological polar surface area (TPSA) is 302 Å². The van der Waals surface area contributed by atoms with E-state index in [9.17, 15) is 19.2 Å². The van der Waals surface area contributed by atoms with Gasteiger partial charge in [0.15, 0.2) is 23.0 Å². The van der Waals surface area contributed by atoms with Gasteiger partial charge in [-0.15, -0.1) is 20.4 Å². The summed E-state index contributed by atoms with van der Waals surface area (Å²) < 4.78 is 24.1. The predicted molar refractivity (Wildman–Crippen MR) is 408 cm³/mol. The summed E-state index contributed by atoms with van der Waals surface area (Å²) in [6, 6.07) is 30.8. The lowest BCUT2D eigenvalue weighted by Gasteiger charge is -2.25.